The van der Waals surface area contributed by atoms with Crippen molar-refractivity contribution in [2.75, 3.05) is 11.1 Å². The summed E-state index contributed by atoms with van der Waals surface area (Å²) in [5.74, 6) is -1.15. The minimum atomic E-state index is -0.743. The molecule has 6 heteroatoms. The van der Waals surface area contributed by atoms with Crippen LogP contribution in [0.4, 0.5) is 26.0 Å². The van der Waals surface area contributed by atoms with Gasteiger partial charge in [0.05, 0.1) is 11.4 Å². The molecule has 0 saturated heterocycles. The van der Waals surface area contributed by atoms with E-state index in [1.165, 1.54) is 18.2 Å². The van der Waals surface area contributed by atoms with Crippen molar-refractivity contribution in [3.63, 3.8) is 0 Å². The highest BCUT2D eigenvalue weighted by atomic mass is 19.1. The van der Waals surface area contributed by atoms with E-state index in [4.69, 9.17) is 11.0 Å². The van der Waals surface area contributed by atoms with Gasteiger partial charge in [0, 0.05) is 6.07 Å². The van der Waals surface area contributed by atoms with Crippen molar-refractivity contribution in [2.45, 2.75) is 0 Å². The Kier molecular flexibility index (Phi) is 3.06. The zero-order chi connectivity index (χ0) is 13.1. The summed E-state index contributed by atoms with van der Waals surface area (Å²) in [4.78, 5) is 3.89. The number of hydrogen-bond acceptors (Lipinski definition) is 4. The number of nitrogen functional groups attached to an aromatic ring is 1. The summed E-state index contributed by atoms with van der Waals surface area (Å²) in [6.07, 6.45) is 0. The topological polar surface area (TPSA) is 74.7 Å². The Morgan fingerprint density at radius 1 is 1.22 bits per heavy atom. The van der Waals surface area contributed by atoms with E-state index in [1.54, 1.807) is 0 Å². The third-order valence-electron chi connectivity index (χ3n) is 2.23. The Morgan fingerprint density at radius 2 is 2.00 bits per heavy atom. The largest absolute Gasteiger partial charge is 0.396 e. The van der Waals surface area contributed by atoms with E-state index in [0.717, 1.165) is 12.1 Å². The highest BCUT2D eigenvalue weighted by Crippen LogP contribution is 2.20. The summed E-state index contributed by atoms with van der Waals surface area (Å²) in [5.41, 5.74) is 5.86. The Morgan fingerprint density at radius 3 is 2.67 bits per heavy atom. The number of halogens is 2. The summed E-state index contributed by atoms with van der Waals surface area (Å²) in [7, 11) is 0. The van der Waals surface area contributed by atoms with Crippen LogP contribution in [0.15, 0.2) is 30.3 Å². The van der Waals surface area contributed by atoms with Crippen LogP contribution in [0.2, 0.25) is 0 Å². The molecule has 0 aliphatic rings. The lowest BCUT2D eigenvalue weighted by Gasteiger charge is -2.07. The van der Waals surface area contributed by atoms with Crippen LogP contribution in [-0.2, 0) is 0 Å². The van der Waals surface area contributed by atoms with Crippen molar-refractivity contribution in [1.82, 2.24) is 4.98 Å². The number of nitrogens with two attached hydrogens (primary N) is 1. The zero-order valence-electron chi connectivity index (χ0n) is 9.11. The van der Waals surface area contributed by atoms with Gasteiger partial charge in [-0.3, -0.25) is 0 Å². The zero-order valence-corrected chi connectivity index (χ0v) is 9.11. The molecule has 0 unspecified atom stereocenters. The maximum absolute atomic E-state index is 13.4. The van der Waals surface area contributed by atoms with Crippen LogP contribution in [0.5, 0.6) is 0 Å². The van der Waals surface area contributed by atoms with Crippen molar-refractivity contribution in [3.8, 4) is 6.07 Å². The molecule has 1 aromatic carbocycles. The molecule has 4 nitrogen and oxygen atoms in total. The van der Waals surface area contributed by atoms with Gasteiger partial charge in [-0.05, 0) is 24.3 Å². The monoisotopic (exact) mass is 246 g/mol. The van der Waals surface area contributed by atoms with E-state index in [1.807, 2.05) is 6.07 Å². The molecule has 0 fully saturated rings. The molecule has 1 aromatic heterocycles. The average Bonchev–Trinajstić information content (AvgIpc) is 2.35. The molecule has 0 amide bonds. The number of pyridine rings is 1. The van der Waals surface area contributed by atoms with Gasteiger partial charge in [0.1, 0.15) is 23.5 Å². The second kappa shape index (κ2) is 4.67. The molecule has 0 radical (unpaired) electrons. The summed E-state index contributed by atoms with van der Waals surface area (Å²) >= 11 is 0. The van der Waals surface area contributed by atoms with E-state index < -0.39 is 11.6 Å². The van der Waals surface area contributed by atoms with Crippen molar-refractivity contribution < 1.29 is 8.78 Å². The number of nitrogens with zero attached hydrogens (tertiary/aromatic N) is 2. The lowest BCUT2D eigenvalue weighted by Crippen LogP contribution is -2.00. The second-order valence-electron chi connectivity index (χ2n) is 3.50. The van der Waals surface area contributed by atoms with E-state index >= 15 is 0 Å². The lowest BCUT2D eigenvalue weighted by molar-refractivity contribution is 0.586. The molecule has 0 atom stereocenters. The standard InChI is InChI=1S/C12H8F2N4/c13-7-1-3-10(8(14)5-7)17-12-4-2-9(16)11(6-15)18-12/h1-5H,16H2,(H,17,18). The van der Waals surface area contributed by atoms with Crippen molar-refractivity contribution in [2.24, 2.45) is 0 Å². The number of benzene rings is 1. The van der Waals surface area contributed by atoms with Gasteiger partial charge in [0.25, 0.3) is 0 Å². The van der Waals surface area contributed by atoms with Crippen LogP contribution >= 0.6 is 0 Å². The van der Waals surface area contributed by atoms with Crippen LogP contribution in [-0.4, -0.2) is 4.98 Å². The Balaban J connectivity index is 2.32. The summed E-state index contributed by atoms with van der Waals surface area (Å²) in [5, 5.41) is 11.4. The first-order valence-corrected chi connectivity index (χ1v) is 4.99. The highest BCUT2D eigenvalue weighted by Gasteiger charge is 2.06. The van der Waals surface area contributed by atoms with E-state index in [9.17, 15) is 8.78 Å². The van der Waals surface area contributed by atoms with Crippen LogP contribution in [0, 0.1) is 23.0 Å². The molecular weight excluding hydrogens is 238 g/mol. The molecule has 0 saturated carbocycles. The molecule has 0 aliphatic heterocycles. The van der Waals surface area contributed by atoms with Gasteiger partial charge < -0.3 is 11.1 Å². The van der Waals surface area contributed by atoms with Gasteiger partial charge >= 0.3 is 0 Å². The first-order chi connectivity index (χ1) is 8.60. The Hall–Kier alpha value is -2.68. The maximum atomic E-state index is 13.4. The van der Waals surface area contributed by atoms with E-state index in [0.29, 0.717) is 0 Å². The minimum Gasteiger partial charge on any atom is -0.396 e. The normalized spacial score (nSPS) is 9.83. The van der Waals surface area contributed by atoms with Crippen molar-refractivity contribution in [3.05, 3.63) is 47.7 Å². The number of anilines is 3. The van der Waals surface area contributed by atoms with Crippen molar-refractivity contribution in [1.29, 1.82) is 5.26 Å². The van der Waals surface area contributed by atoms with E-state index in [2.05, 4.69) is 10.3 Å². The molecule has 90 valence electrons. The fourth-order valence-electron chi connectivity index (χ4n) is 1.36. The SMILES string of the molecule is N#Cc1nc(Nc2ccc(F)cc2F)ccc1N. The molecular formula is C12H8F2N4. The maximum Gasteiger partial charge on any atom is 0.165 e. The molecule has 3 N–H and O–H groups in total. The average molecular weight is 246 g/mol. The van der Waals surface area contributed by atoms with Gasteiger partial charge in [-0.15, -0.1) is 0 Å². The van der Waals surface area contributed by atoms with Gasteiger partial charge in [0.15, 0.2) is 5.69 Å². The fourth-order valence-corrected chi connectivity index (χ4v) is 1.36. The molecule has 2 rings (SSSR count). The van der Waals surface area contributed by atoms with Crippen LogP contribution in [0.25, 0.3) is 0 Å². The number of nitrogens with one attached hydrogen (secondary N) is 1. The van der Waals surface area contributed by atoms with Crippen LogP contribution in [0.1, 0.15) is 5.69 Å². The Bertz CT molecular complexity index is 634. The third-order valence-corrected chi connectivity index (χ3v) is 2.23. The molecule has 2 aromatic rings. The molecule has 0 bridgehead atoms. The number of rotatable bonds is 2. The quantitative estimate of drug-likeness (QED) is 0.853. The van der Waals surface area contributed by atoms with Crippen molar-refractivity contribution >= 4 is 17.2 Å². The first kappa shape index (κ1) is 11.8. The molecule has 0 aliphatic carbocycles. The van der Waals surface area contributed by atoms with Gasteiger partial charge in [-0.1, -0.05) is 0 Å². The second-order valence-corrected chi connectivity index (χ2v) is 3.50. The number of aromatic nitrogens is 1. The van der Waals surface area contributed by atoms with E-state index in [-0.39, 0.29) is 22.9 Å². The first-order valence-electron chi connectivity index (χ1n) is 4.99. The smallest absolute Gasteiger partial charge is 0.165 e. The summed E-state index contributed by atoms with van der Waals surface area (Å²) in [6.45, 7) is 0. The summed E-state index contributed by atoms with van der Waals surface area (Å²) in [6, 6.07) is 7.91. The molecule has 1 heterocycles. The third kappa shape index (κ3) is 2.35. The Labute approximate surface area is 102 Å². The predicted octanol–water partition coefficient (Wildman–Crippen LogP) is 2.56. The molecule has 18 heavy (non-hydrogen) atoms. The highest BCUT2D eigenvalue weighted by molar-refractivity contribution is 5.61. The van der Waals surface area contributed by atoms with Gasteiger partial charge in [0.2, 0.25) is 0 Å². The number of nitriles is 1. The van der Waals surface area contributed by atoms with Gasteiger partial charge in [-0.25, -0.2) is 13.8 Å². The fraction of sp³-hybridized carbons (Fsp3) is 0. The predicted molar refractivity (Wildman–Crippen MR) is 63.0 cm³/mol. The summed E-state index contributed by atoms with van der Waals surface area (Å²) < 4.78 is 26.1. The van der Waals surface area contributed by atoms with Crippen LogP contribution in [0.3, 0.4) is 0 Å². The lowest BCUT2D eigenvalue weighted by atomic mass is 10.2. The molecule has 0 spiro atoms. The van der Waals surface area contributed by atoms with Gasteiger partial charge in [-0.2, -0.15) is 5.26 Å². The number of hydrogen-bond donors (Lipinski definition) is 2. The minimum absolute atomic E-state index is 0.0440. The van der Waals surface area contributed by atoms with Crippen LogP contribution < -0.4 is 11.1 Å².